The minimum absolute atomic E-state index is 0.0833. The second-order valence-electron chi connectivity index (χ2n) is 22.1. The van der Waals surface area contributed by atoms with Crippen molar-refractivity contribution < 1.29 is 79.5 Å². The molecule has 406 valence electrons. The van der Waals surface area contributed by atoms with Gasteiger partial charge in [0.15, 0.2) is 12.1 Å². The normalized spacial score (nSPS) is 46.9. The van der Waals surface area contributed by atoms with Crippen LogP contribution in [0.2, 0.25) is 0 Å². The Labute approximate surface area is 418 Å². The molecule has 10 N–H and O–H groups in total. The van der Waals surface area contributed by atoms with Crippen molar-refractivity contribution in [1.29, 1.82) is 0 Å². The number of fused-ring (bicyclic) bond motifs is 2. The van der Waals surface area contributed by atoms with Crippen LogP contribution in [-0.2, 0) is 28.5 Å². The molecule has 4 heterocycles. The van der Waals surface area contributed by atoms with Gasteiger partial charge in [-0.05, 0) is 83.0 Å². The Morgan fingerprint density at radius 3 is 2.09 bits per heavy atom. The van der Waals surface area contributed by atoms with Crippen LogP contribution < -0.4 is 0 Å². The van der Waals surface area contributed by atoms with Crippen LogP contribution in [0.1, 0.15) is 147 Å². The Morgan fingerprint density at radius 1 is 0.771 bits per heavy atom. The van der Waals surface area contributed by atoms with Gasteiger partial charge in [0, 0.05) is 48.5 Å². The summed E-state index contributed by atoms with van der Waals surface area (Å²) in [5.74, 6) is -5.18. The van der Waals surface area contributed by atoms with Gasteiger partial charge in [-0.2, -0.15) is 0 Å². The molecule has 3 saturated heterocycles. The monoisotopic (exact) mass is 999 g/mol. The van der Waals surface area contributed by atoms with Gasteiger partial charge in [-0.25, -0.2) is 4.79 Å². The molecule has 16 nitrogen and oxygen atoms in total. The molecule has 0 saturated carbocycles. The van der Waals surface area contributed by atoms with Crippen LogP contribution in [0.15, 0.2) is 36.5 Å². The minimum Gasteiger partial charge on any atom is -0.458 e. The van der Waals surface area contributed by atoms with Gasteiger partial charge in [0.05, 0.1) is 54.9 Å². The summed E-state index contributed by atoms with van der Waals surface area (Å²) in [7, 11) is 0. The van der Waals surface area contributed by atoms with Gasteiger partial charge in [0.2, 0.25) is 0 Å². The third kappa shape index (κ3) is 14.9. The predicted molar refractivity (Wildman–Crippen MR) is 263 cm³/mol. The Morgan fingerprint density at radius 2 is 1.46 bits per heavy atom. The smallest absolute Gasteiger partial charge is 0.330 e. The lowest BCUT2D eigenvalue weighted by Crippen LogP contribution is -2.63. The Balaban J connectivity index is 1.77. The van der Waals surface area contributed by atoms with Gasteiger partial charge in [-0.15, -0.1) is 0 Å². The highest BCUT2D eigenvalue weighted by atomic mass is 16.7. The number of esters is 1. The van der Waals surface area contributed by atoms with Gasteiger partial charge in [0.25, 0.3) is 0 Å². The number of ether oxygens (including phenoxy) is 5. The van der Waals surface area contributed by atoms with Crippen molar-refractivity contribution >= 4 is 5.97 Å². The van der Waals surface area contributed by atoms with Crippen LogP contribution in [0, 0.1) is 47.3 Å². The average molecular weight is 999 g/mol. The van der Waals surface area contributed by atoms with Gasteiger partial charge < -0.3 is 74.7 Å². The molecule has 25 atom stereocenters. The molecule has 2 bridgehead atoms. The molecule has 25 unspecified atom stereocenters. The third-order valence-electron chi connectivity index (χ3n) is 16.5. The standard InChI is InChI=1S/C54H94O16/c1-12-26-53(65)51(63)31(5)17-15-14-16-18-38(28-32(6)55)20-22-41-34(8)49(36(10)54(69-41)27-25-30(4)48(70-54)33(7)39(56)13-2)67-42(58)23-19-29(3)44(59)35(9)45(60)50(46(61)47(62)52(53)64)68-43-24-21-40(57)37(11)66-43/h14-16,18-19,23,29-41,43-52,55-57,59-65H,12-13,17,20-22,24-28H2,1-11H3/b15-14+,18-16+,23-19?. The second kappa shape index (κ2) is 27.1. The van der Waals surface area contributed by atoms with Crippen LogP contribution in [-0.4, -0.2) is 160 Å². The molecule has 0 aromatic heterocycles. The molecular formula is C54H94O16. The summed E-state index contributed by atoms with van der Waals surface area (Å²) in [5.41, 5.74) is -2.33. The van der Waals surface area contributed by atoms with E-state index in [4.69, 9.17) is 23.7 Å². The first-order valence-electron chi connectivity index (χ1n) is 26.6. The fourth-order valence-corrected chi connectivity index (χ4v) is 11.5. The quantitative estimate of drug-likeness (QED) is 0.142. The van der Waals surface area contributed by atoms with Crippen LogP contribution in [0.4, 0.5) is 0 Å². The van der Waals surface area contributed by atoms with Gasteiger partial charge >= 0.3 is 5.97 Å². The van der Waals surface area contributed by atoms with Crippen molar-refractivity contribution in [2.45, 2.75) is 250 Å². The van der Waals surface area contributed by atoms with E-state index in [1.807, 2.05) is 52.0 Å². The van der Waals surface area contributed by atoms with E-state index in [0.717, 1.165) is 6.42 Å². The summed E-state index contributed by atoms with van der Waals surface area (Å²) in [5, 5.41) is 115. The summed E-state index contributed by atoms with van der Waals surface area (Å²) in [4.78, 5) is 13.9. The average Bonchev–Trinajstić information content (AvgIpc) is 3.33. The highest BCUT2D eigenvalue weighted by Crippen LogP contribution is 2.50. The molecule has 0 aromatic rings. The van der Waals surface area contributed by atoms with Crippen molar-refractivity contribution in [1.82, 2.24) is 0 Å². The highest BCUT2D eigenvalue weighted by molar-refractivity contribution is 5.82. The van der Waals surface area contributed by atoms with Crippen LogP contribution >= 0.6 is 0 Å². The van der Waals surface area contributed by atoms with Gasteiger partial charge in [-0.3, -0.25) is 0 Å². The third-order valence-corrected chi connectivity index (χ3v) is 16.5. The second-order valence-corrected chi connectivity index (χ2v) is 22.1. The number of rotatable bonds is 9. The zero-order chi connectivity index (χ0) is 52.4. The van der Waals surface area contributed by atoms with Crippen LogP contribution in [0.3, 0.4) is 0 Å². The lowest BCUT2D eigenvalue weighted by atomic mass is 9.73. The van der Waals surface area contributed by atoms with Crippen molar-refractivity contribution in [3.8, 4) is 0 Å². The minimum atomic E-state index is -2.33. The first kappa shape index (κ1) is 60.7. The number of allylic oxidation sites excluding steroid dienone is 4. The van der Waals surface area contributed by atoms with Crippen molar-refractivity contribution in [2.75, 3.05) is 0 Å². The van der Waals surface area contributed by atoms with E-state index >= 15 is 0 Å². The van der Waals surface area contributed by atoms with E-state index in [1.54, 1.807) is 34.6 Å². The van der Waals surface area contributed by atoms with E-state index < -0.39 is 127 Å². The topological polar surface area (TPSA) is 266 Å². The Hall–Kier alpha value is -1.87. The van der Waals surface area contributed by atoms with Gasteiger partial charge in [-0.1, -0.05) is 99.1 Å². The number of carbonyl (C=O) groups is 1. The molecule has 0 aliphatic carbocycles. The van der Waals surface area contributed by atoms with Crippen LogP contribution in [0.5, 0.6) is 0 Å². The van der Waals surface area contributed by atoms with E-state index in [2.05, 4.69) is 6.92 Å². The van der Waals surface area contributed by atoms with Crippen molar-refractivity contribution in [2.24, 2.45) is 47.3 Å². The van der Waals surface area contributed by atoms with Crippen molar-refractivity contribution in [3.63, 3.8) is 0 Å². The van der Waals surface area contributed by atoms with E-state index in [1.165, 1.54) is 19.1 Å². The summed E-state index contributed by atoms with van der Waals surface area (Å²) in [6, 6.07) is 0. The molecule has 0 aromatic carbocycles. The summed E-state index contributed by atoms with van der Waals surface area (Å²) < 4.78 is 32.4. The molecule has 70 heavy (non-hydrogen) atoms. The molecule has 4 aliphatic rings. The number of hydrogen-bond acceptors (Lipinski definition) is 16. The SMILES string of the molecule is CCCC1(O)C(O)C(C)C/C=C/C=C/C(CC(C)O)CCC2OC3(CCC(C)C(C(C)C(O)CC)O3)C(C)C(OC(=O)C=CC(C)C(O)C(C)C(O)C(OC3CCC(O)C(C)O3)C(O)C(O)C1O)C2C. The molecule has 3 fully saturated rings. The molecule has 4 rings (SSSR count). The van der Waals surface area contributed by atoms with Crippen molar-refractivity contribution in [3.05, 3.63) is 36.5 Å². The summed E-state index contributed by atoms with van der Waals surface area (Å²) in [6.07, 6.45) is -3.50. The maximum absolute atomic E-state index is 13.9. The van der Waals surface area contributed by atoms with Gasteiger partial charge in [0.1, 0.15) is 36.1 Å². The van der Waals surface area contributed by atoms with E-state index in [0.29, 0.717) is 32.1 Å². The van der Waals surface area contributed by atoms with E-state index in [-0.39, 0.29) is 61.9 Å². The first-order valence-corrected chi connectivity index (χ1v) is 26.6. The lowest BCUT2D eigenvalue weighted by Gasteiger charge is -2.56. The number of hydrogen-bond donors (Lipinski definition) is 10. The van der Waals surface area contributed by atoms with E-state index in [9.17, 15) is 55.9 Å². The fraction of sp³-hybridized carbons (Fsp3) is 0.870. The highest BCUT2D eigenvalue weighted by Gasteiger charge is 2.57. The summed E-state index contributed by atoms with van der Waals surface area (Å²) >= 11 is 0. The number of carbonyl (C=O) groups excluding carboxylic acids is 1. The molecular weight excluding hydrogens is 905 g/mol. The molecule has 4 aliphatic heterocycles. The number of aliphatic hydroxyl groups excluding tert-OH is 9. The molecule has 16 heteroatoms. The Bertz CT molecular complexity index is 1660. The molecule has 0 radical (unpaired) electrons. The zero-order valence-electron chi connectivity index (χ0n) is 43.9. The Kier molecular flexibility index (Phi) is 23.5. The zero-order valence-corrected chi connectivity index (χ0v) is 43.9. The number of aliphatic hydroxyl groups is 10. The maximum Gasteiger partial charge on any atom is 0.330 e. The molecule has 0 amide bonds. The fourth-order valence-electron chi connectivity index (χ4n) is 11.5. The summed E-state index contributed by atoms with van der Waals surface area (Å²) in [6.45, 7) is 20.0. The lowest BCUT2D eigenvalue weighted by molar-refractivity contribution is -0.376. The maximum atomic E-state index is 13.9. The molecule has 1 spiro atoms. The van der Waals surface area contributed by atoms with Crippen LogP contribution in [0.25, 0.3) is 0 Å². The largest absolute Gasteiger partial charge is 0.458 e. The first-order chi connectivity index (χ1) is 32.8. The predicted octanol–water partition coefficient (Wildman–Crippen LogP) is 4.60.